The zero-order valence-electron chi connectivity index (χ0n) is 13.0. The van der Waals surface area contributed by atoms with Gasteiger partial charge in [0.05, 0.1) is 23.1 Å². The van der Waals surface area contributed by atoms with E-state index in [1.165, 1.54) is 6.42 Å². The first-order valence-corrected chi connectivity index (χ1v) is 8.10. The molecule has 0 spiro atoms. The van der Waals surface area contributed by atoms with E-state index >= 15 is 0 Å². The van der Waals surface area contributed by atoms with Crippen LogP contribution in [0, 0.1) is 6.92 Å². The third-order valence-corrected chi connectivity index (χ3v) is 4.24. The van der Waals surface area contributed by atoms with Crippen molar-refractivity contribution in [2.45, 2.75) is 51.2 Å². The molecule has 1 saturated heterocycles. The van der Waals surface area contributed by atoms with Gasteiger partial charge in [0.1, 0.15) is 12.4 Å². The van der Waals surface area contributed by atoms with Gasteiger partial charge in [-0.1, -0.05) is 6.07 Å². The first-order valence-electron chi connectivity index (χ1n) is 8.10. The minimum absolute atomic E-state index is 0.315. The lowest BCUT2D eigenvalue weighted by molar-refractivity contribution is 0.0794. The van der Waals surface area contributed by atoms with Gasteiger partial charge in [-0.05, 0) is 51.2 Å². The molecular weight excluding hydrogens is 280 g/mol. The zero-order valence-corrected chi connectivity index (χ0v) is 13.0. The number of aromatic nitrogens is 2. The molecule has 1 aromatic heterocycles. The standard InChI is InChI=1S/C17H24N2O3/c1-12-17-15(19-18-12)8-3-9-16(17)22-11-13(20)5-2-6-14-7-4-10-21-14/h3,8-9,13-14,20H,2,4-7,10-11H2,1H3,(H,18,19)/t13-,14?/m0/s1. The molecule has 120 valence electrons. The highest BCUT2D eigenvalue weighted by Crippen LogP contribution is 2.27. The summed E-state index contributed by atoms with van der Waals surface area (Å²) in [5, 5.41) is 18.3. The number of aliphatic hydroxyl groups excluding tert-OH is 1. The molecule has 2 atom stereocenters. The highest BCUT2D eigenvalue weighted by Gasteiger charge is 2.16. The molecule has 5 nitrogen and oxygen atoms in total. The summed E-state index contributed by atoms with van der Waals surface area (Å²) in [4.78, 5) is 0. The maximum Gasteiger partial charge on any atom is 0.130 e. The van der Waals surface area contributed by atoms with Crippen LogP contribution in [0.5, 0.6) is 5.75 Å². The summed E-state index contributed by atoms with van der Waals surface area (Å²) >= 11 is 0. The summed E-state index contributed by atoms with van der Waals surface area (Å²) in [5.74, 6) is 0.780. The van der Waals surface area contributed by atoms with Crippen molar-refractivity contribution < 1.29 is 14.6 Å². The van der Waals surface area contributed by atoms with Crippen LogP contribution in [0.4, 0.5) is 0 Å². The second-order valence-corrected chi connectivity index (χ2v) is 6.03. The molecule has 0 radical (unpaired) electrons. The number of hydrogen-bond acceptors (Lipinski definition) is 4. The fourth-order valence-corrected chi connectivity index (χ4v) is 3.03. The summed E-state index contributed by atoms with van der Waals surface area (Å²) in [6.45, 7) is 3.18. The summed E-state index contributed by atoms with van der Waals surface area (Å²) < 4.78 is 11.4. The number of aryl methyl sites for hydroxylation is 1. The van der Waals surface area contributed by atoms with Crippen LogP contribution in [0.1, 0.15) is 37.8 Å². The van der Waals surface area contributed by atoms with Gasteiger partial charge in [0.15, 0.2) is 0 Å². The highest BCUT2D eigenvalue weighted by atomic mass is 16.5. The Morgan fingerprint density at radius 1 is 1.50 bits per heavy atom. The highest BCUT2D eigenvalue weighted by molar-refractivity contribution is 5.87. The molecule has 2 aromatic rings. The van der Waals surface area contributed by atoms with E-state index in [9.17, 15) is 5.11 Å². The monoisotopic (exact) mass is 304 g/mol. The average Bonchev–Trinajstić information content (AvgIpc) is 3.16. The number of nitrogens with zero attached hydrogens (tertiary/aromatic N) is 1. The van der Waals surface area contributed by atoms with E-state index in [4.69, 9.17) is 9.47 Å². The Hall–Kier alpha value is -1.59. The third kappa shape index (κ3) is 3.59. The normalized spacial score (nSPS) is 19.6. The Balaban J connectivity index is 1.47. The summed E-state index contributed by atoms with van der Waals surface area (Å²) in [6.07, 6.45) is 5.05. The molecule has 0 amide bonds. The molecule has 22 heavy (non-hydrogen) atoms. The fourth-order valence-electron chi connectivity index (χ4n) is 3.03. The fraction of sp³-hybridized carbons (Fsp3) is 0.588. The molecule has 0 saturated carbocycles. The molecule has 1 aromatic carbocycles. The first kappa shape index (κ1) is 15.3. The Bertz CT molecular complexity index is 605. The van der Waals surface area contributed by atoms with Gasteiger partial charge in [-0.15, -0.1) is 0 Å². The van der Waals surface area contributed by atoms with Crippen molar-refractivity contribution in [2.24, 2.45) is 0 Å². The molecule has 0 aliphatic carbocycles. The number of aromatic amines is 1. The van der Waals surface area contributed by atoms with Gasteiger partial charge in [0.25, 0.3) is 0 Å². The predicted molar refractivity (Wildman–Crippen MR) is 85.2 cm³/mol. The number of benzene rings is 1. The van der Waals surface area contributed by atoms with Crippen LogP contribution in [0.25, 0.3) is 10.9 Å². The zero-order chi connectivity index (χ0) is 15.4. The van der Waals surface area contributed by atoms with Crippen molar-refractivity contribution >= 4 is 10.9 Å². The van der Waals surface area contributed by atoms with Crippen LogP contribution in [-0.2, 0) is 4.74 Å². The van der Waals surface area contributed by atoms with Gasteiger partial charge < -0.3 is 14.6 Å². The van der Waals surface area contributed by atoms with Crippen LogP contribution in [0.3, 0.4) is 0 Å². The van der Waals surface area contributed by atoms with Gasteiger partial charge >= 0.3 is 0 Å². The number of nitrogens with one attached hydrogen (secondary N) is 1. The first-order chi connectivity index (χ1) is 10.7. The van der Waals surface area contributed by atoms with Crippen molar-refractivity contribution in [1.29, 1.82) is 0 Å². The number of rotatable bonds is 7. The van der Waals surface area contributed by atoms with Crippen molar-refractivity contribution in [2.75, 3.05) is 13.2 Å². The summed E-state index contributed by atoms with van der Waals surface area (Å²) in [5.41, 5.74) is 1.88. The molecule has 2 N–H and O–H groups in total. The Morgan fingerprint density at radius 3 is 3.23 bits per heavy atom. The molecular formula is C17H24N2O3. The van der Waals surface area contributed by atoms with Gasteiger partial charge in [-0.3, -0.25) is 5.10 Å². The Kier molecular flexibility index (Phi) is 4.95. The van der Waals surface area contributed by atoms with E-state index < -0.39 is 6.10 Å². The van der Waals surface area contributed by atoms with Gasteiger partial charge in [0, 0.05) is 12.3 Å². The number of hydrogen-bond donors (Lipinski definition) is 2. The van der Waals surface area contributed by atoms with Crippen molar-refractivity contribution in [1.82, 2.24) is 10.2 Å². The SMILES string of the molecule is Cc1[nH]nc2cccc(OC[C@@H](O)CCCC3CCCO3)c12. The smallest absolute Gasteiger partial charge is 0.130 e. The number of aliphatic hydroxyl groups is 1. The lowest BCUT2D eigenvalue weighted by Gasteiger charge is -2.14. The predicted octanol–water partition coefficient (Wildman–Crippen LogP) is 2.96. The topological polar surface area (TPSA) is 67.4 Å². The quantitative estimate of drug-likeness (QED) is 0.825. The van der Waals surface area contributed by atoms with Crippen LogP contribution >= 0.6 is 0 Å². The van der Waals surface area contributed by atoms with E-state index in [1.54, 1.807) is 0 Å². The molecule has 5 heteroatoms. The molecule has 1 aliphatic heterocycles. The van der Waals surface area contributed by atoms with Crippen LogP contribution in [0.2, 0.25) is 0 Å². The van der Waals surface area contributed by atoms with Crippen molar-refractivity contribution in [3.63, 3.8) is 0 Å². The summed E-state index contributed by atoms with van der Waals surface area (Å²) in [6, 6.07) is 5.79. The number of ether oxygens (including phenoxy) is 2. The molecule has 0 bridgehead atoms. The van der Waals surface area contributed by atoms with Crippen LogP contribution in [0.15, 0.2) is 18.2 Å². The minimum Gasteiger partial charge on any atom is -0.490 e. The molecule has 3 rings (SSSR count). The van der Waals surface area contributed by atoms with E-state index in [0.717, 1.165) is 54.6 Å². The van der Waals surface area contributed by atoms with Crippen LogP contribution < -0.4 is 4.74 Å². The lowest BCUT2D eigenvalue weighted by atomic mass is 10.1. The third-order valence-electron chi connectivity index (χ3n) is 4.24. The number of H-pyrrole nitrogens is 1. The Labute approximate surface area is 130 Å². The minimum atomic E-state index is -0.441. The van der Waals surface area contributed by atoms with E-state index in [-0.39, 0.29) is 0 Å². The maximum absolute atomic E-state index is 10.1. The number of fused-ring (bicyclic) bond motifs is 1. The molecule has 2 heterocycles. The average molecular weight is 304 g/mol. The van der Waals surface area contributed by atoms with E-state index in [1.807, 2.05) is 25.1 Å². The van der Waals surface area contributed by atoms with Gasteiger partial charge in [-0.25, -0.2) is 0 Å². The lowest BCUT2D eigenvalue weighted by Crippen LogP contribution is -2.18. The largest absolute Gasteiger partial charge is 0.490 e. The van der Waals surface area contributed by atoms with Gasteiger partial charge in [0.2, 0.25) is 0 Å². The molecule has 1 fully saturated rings. The maximum atomic E-state index is 10.1. The second-order valence-electron chi connectivity index (χ2n) is 6.03. The summed E-state index contributed by atoms with van der Waals surface area (Å²) in [7, 11) is 0. The van der Waals surface area contributed by atoms with Crippen molar-refractivity contribution in [3.8, 4) is 5.75 Å². The van der Waals surface area contributed by atoms with Crippen molar-refractivity contribution in [3.05, 3.63) is 23.9 Å². The molecule has 1 unspecified atom stereocenters. The Morgan fingerprint density at radius 2 is 2.41 bits per heavy atom. The van der Waals surface area contributed by atoms with Gasteiger partial charge in [-0.2, -0.15) is 5.10 Å². The van der Waals surface area contributed by atoms with Crippen LogP contribution in [-0.4, -0.2) is 40.7 Å². The second kappa shape index (κ2) is 7.11. The van der Waals surface area contributed by atoms with E-state index in [2.05, 4.69) is 10.2 Å². The molecule has 1 aliphatic rings. The van der Waals surface area contributed by atoms with E-state index in [0.29, 0.717) is 12.7 Å².